The fourth-order valence-electron chi connectivity index (χ4n) is 3.70. The molecule has 0 aliphatic heterocycles. The molecule has 31 heavy (non-hydrogen) atoms. The van der Waals surface area contributed by atoms with Gasteiger partial charge in [-0.1, -0.05) is 71.1 Å². The minimum absolute atomic E-state index is 0. The Bertz CT molecular complexity index is 807. The van der Waals surface area contributed by atoms with Crippen LogP contribution < -0.4 is 24.8 Å². The number of halogens is 2. The average Bonchev–Trinajstić information content (AvgIpc) is 3.01. The second-order valence-electron chi connectivity index (χ2n) is 9.15. The van der Waals surface area contributed by atoms with Crippen LogP contribution in [0.3, 0.4) is 0 Å². The molecule has 0 aromatic heterocycles. The third-order valence-corrected chi connectivity index (χ3v) is 5.29. The Kier molecular flexibility index (Phi) is 17.5. The molecule has 1 aliphatic carbocycles. The van der Waals surface area contributed by atoms with Gasteiger partial charge in [0.15, 0.2) is 0 Å². The summed E-state index contributed by atoms with van der Waals surface area (Å²) < 4.78 is 0. The molecule has 1 fully saturated rings. The fraction of sp³-hybridized carbons (Fsp3) is 0.600. The zero-order chi connectivity index (χ0) is 22.1. The molecule has 0 atom stereocenters. The Morgan fingerprint density at radius 1 is 1.03 bits per heavy atom. The van der Waals surface area contributed by atoms with Crippen LogP contribution >= 0.6 is 0 Å². The molecule has 6 heteroatoms. The van der Waals surface area contributed by atoms with E-state index in [1.807, 2.05) is 0 Å². The summed E-state index contributed by atoms with van der Waals surface area (Å²) in [6.45, 7) is 15.8. The molecule has 1 saturated carbocycles. The molecule has 1 N–H and O–H groups in total. The molecule has 1 amide bonds. The van der Waals surface area contributed by atoms with Gasteiger partial charge in [-0.15, -0.1) is 28.5 Å². The third-order valence-electron chi connectivity index (χ3n) is 5.29. The Labute approximate surface area is 214 Å². The summed E-state index contributed by atoms with van der Waals surface area (Å²) in [5.41, 5.74) is 11.2. The minimum atomic E-state index is -0.352. The Morgan fingerprint density at radius 3 is 1.94 bits per heavy atom. The molecule has 3 rings (SSSR count). The zero-order valence-corrected chi connectivity index (χ0v) is 24.3. The third kappa shape index (κ3) is 12.0. The molecular weight excluding hydrogens is 477 g/mol. The van der Waals surface area contributed by atoms with Gasteiger partial charge >= 0.3 is 38.5 Å². The first-order valence-electron chi connectivity index (χ1n) is 11.0. The number of benzene rings is 1. The molecule has 2 aromatic rings. The molecule has 0 heterocycles. The van der Waals surface area contributed by atoms with Crippen molar-refractivity contribution in [3.63, 3.8) is 0 Å². The SMILES string of the molecule is C[Si](C)=[Ti+2].Cc1cc2c(C(C)C)cc(C(C)C)cc2[cH-]1.[Cl-].[Cl-].[NH-]C(=O)C1CCCCC1. The Hall–Kier alpha value is -0.189. The van der Waals surface area contributed by atoms with Crippen molar-refractivity contribution in [3.8, 4) is 0 Å². The molecule has 2 aromatic carbocycles. The molecule has 0 spiro atoms. The second-order valence-corrected chi connectivity index (χ2v) is 15.8. The number of hydrogen-bond acceptors (Lipinski definition) is 1. The predicted molar refractivity (Wildman–Crippen MR) is 126 cm³/mol. The summed E-state index contributed by atoms with van der Waals surface area (Å²) in [5, 5.41) is 2.85. The summed E-state index contributed by atoms with van der Waals surface area (Å²) >= 11 is 2.27. The van der Waals surface area contributed by atoms with Gasteiger partial charge < -0.3 is 35.3 Å². The van der Waals surface area contributed by atoms with E-state index < -0.39 is 0 Å². The van der Waals surface area contributed by atoms with Crippen molar-refractivity contribution < 1.29 is 48.8 Å². The van der Waals surface area contributed by atoms with Crippen molar-refractivity contribution in [1.82, 2.24) is 0 Å². The van der Waals surface area contributed by atoms with Crippen LogP contribution in [0.4, 0.5) is 0 Å². The van der Waals surface area contributed by atoms with Gasteiger partial charge in [-0.3, -0.25) is 0 Å². The molecule has 2 nitrogen and oxygen atoms in total. The summed E-state index contributed by atoms with van der Waals surface area (Å²) in [5.74, 6) is 0.938. The van der Waals surface area contributed by atoms with Gasteiger partial charge in [0.2, 0.25) is 0 Å². The van der Waals surface area contributed by atoms with E-state index in [1.165, 1.54) is 33.9 Å². The molecule has 0 radical (unpaired) electrons. The first kappa shape index (κ1) is 33.0. The largest absolute Gasteiger partial charge is 1.00 e. The first-order valence-corrected chi connectivity index (χ1v) is 15.8. The summed E-state index contributed by atoms with van der Waals surface area (Å²) in [4.78, 5) is 10.5. The van der Waals surface area contributed by atoms with Crippen LogP contribution in [0, 0.1) is 12.8 Å². The maximum Gasteiger partial charge on any atom is 0.0519 e. The molecule has 174 valence electrons. The number of carbonyl (C=O) groups excluding carboxylic acids is 1. The Balaban J connectivity index is 0. The number of hydrogen-bond donors (Lipinski definition) is 0. The van der Waals surface area contributed by atoms with Crippen molar-refractivity contribution in [2.24, 2.45) is 5.92 Å². The Morgan fingerprint density at radius 2 is 1.55 bits per heavy atom. The number of carbonyl (C=O) groups is 1. The van der Waals surface area contributed by atoms with E-state index in [0.717, 1.165) is 25.7 Å². The van der Waals surface area contributed by atoms with Crippen LogP contribution in [0.5, 0.6) is 0 Å². The average molecular weight is 516 g/mol. The van der Waals surface area contributed by atoms with Crippen LogP contribution in [-0.2, 0) is 24.0 Å². The number of nitrogens with one attached hydrogen (secondary N) is 1. The smallest absolute Gasteiger partial charge is 0.0519 e. The minimum Gasteiger partial charge on any atom is -1.00 e. The molecular formula is C25H39Cl2NOSiTi-2. The van der Waals surface area contributed by atoms with Crippen molar-refractivity contribution in [2.75, 3.05) is 0 Å². The number of amides is 1. The standard InChI is InChI=1S/C16H21.C7H13NO.C2H6Si.2ClH.Ti/c1-10(2)13-8-14-6-12(5)7-16(14)15(9-13)11(3)4;8-7(9)6-4-2-1-3-5-6;1-3-2;;;/h6-11H,1-5H3;6H,1-5H2,(H2,8,9);1-2H3;2*1H;/q-1;;;;;+2/p-3. The number of rotatable bonds is 3. The monoisotopic (exact) mass is 515 g/mol. The van der Waals surface area contributed by atoms with E-state index in [1.54, 1.807) is 0 Å². The second kappa shape index (κ2) is 16.4. The van der Waals surface area contributed by atoms with Gasteiger partial charge in [0.1, 0.15) is 0 Å². The summed E-state index contributed by atoms with van der Waals surface area (Å²) in [6.07, 6.45) is 5.59. The van der Waals surface area contributed by atoms with E-state index in [-0.39, 0.29) is 42.8 Å². The van der Waals surface area contributed by atoms with Crippen molar-refractivity contribution in [1.29, 1.82) is 0 Å². The van der Waals surface area contributed by atoms with Crippen molar-refractivity contribution >= 4 is 22.9 Å². The number of aryl methyl sites for hydroxylation is 1. The van der Waals surface area contributed by atoms with E-state index in [2.05, 4.69) is 91.2 Å². The van der Waals surface area contributed by atoms with Crippen LogP contribution in [0.25, 0.3) is 16.5 Å². The van der Waals surface area contributed by atoms with Crippen LogP contribution in [0.1, 0.15) is 88.3 Å². The van der Waals surface area contributed by atoms with E-state index in [4.69, 9.17) is 5.73 Å². The zero-order valence-electron chi connectivity index (χ0n) is 20.2. The summed E-state index contributed by atoms with van der Waals surface area (Å²) in [7, 11) is 0. The topological polar surface area (TPSA) is 40.9 Å². The maximum absolute atomic E-state index is 10.5. The van der Waals surface area contributed by atoms with E-state index in [9.17, 15) is 4.79 Å². The normalized spacial score (nSPS) is 13.4. The van der Waals surface area contributed by atoms with Gasteiger partial charge in [0, 0.05) is 5.92 Å². The van der Waals surface area contributed by atoms with Crippen LogP contribution in [0.2, 0.25) is 13.1 Å². The quantitative estimate of drug-likeness (QED) is 0.455. The van der Waals surface area contributed by atoms with Crippen LogP contribution in [0.15, 0.2) is 24.3 Å². The summed E-state index contributed by atoms with van der Waals surface area (Å²) in [6, 6.07) is 9.35. The maximum atomic E-state index is 10.5. The molecule has 0 bridgehead atoms. The van der Waals surface area contributed by atoms with Gasteiger partial charge in [0.25, 0.3) is 0 Å². The first-order chi connectivity index (χ1) is 13.5. The van der Waals surface area contributed by atoms with Gasteiger partial charge in [0.05, 0.1) is 5.91 Å². The van der Waals surface area contributed by atoms with Gasteiger partial charge in [-0.05, 0) is 24.7 Å². The fourth-order valence-corrected chi connectivity index (χ4v) is 3.70. The number of fused-ring (bicyclic) bond motifs is 1. The van der Waals surface area contributed by atoms with Gasteiger partial charge in [-0.2, -0.15) is 6.07 Å². The van der Waals surface area contributed by atoms with E-state index >= 15 is 0 Å². The molecule has 0 unspecified atom stereocenters. The van der Waals surface area contributed by atoms with Crippen molar-refractivity contribution in [2.45, 2.75) is 91.7 Å². The van der Waals surface area contributed by atoms with Crippen LogP contribution in [-0.4, -0.2) is 12.1 Å². The molecule has 1 aliphatic rings. The molecule has 0 saturated heterocycles. The van der Waals surface area contributed by atoms with Crippen molar-refractivity contribution in [3.05, 3.63) is 46.7 Å². The van der Waals surface area contributed by atoms with Gasteiger partial charge in [-0.25, -0.2) is 0 Å². The predicted octanol–water partition coefficient (Wildman–Crippen LogP) is 2.05. The van der Waals surface area contributed by atoms with E-state index in [0.29, 0.717) is 11.8 Å².